The smallest absolute Gasteiger partial charge is 0.161 e. The Kier molecular flexibility index (Phi) is 5.35. The molecule has 0 aliphatic carbocycles. The normalized spacial score (nSPS) is 15.9. The van der Waals surface area contributed by atoms with E-state index in [1.807, 2.05) is 37.3 Å². The second-order valence-corrected chi connectivity index (χ2v) is 6.28. The molecule has 6 nitrogen and oxygen atoms in total. The summed E-state index contributed by atoms with van der Waals surface area (Å²) in [4.78, 5) is 0. The van der Waals surface area contributed by atoms with Crippen LogP contribution in [-0.2, 0) is 0 Å². The van der Waals surface area contributed by atoms with E-state index in [-0.39, 0.29) is 5.92 Å². The fraction of sp³-hybridized carbons (Fsp3) is 0.333. The topological polar surface area (TPSA) is 61.6 Å². The summed E-state index contributed by atoms with van der Waals surface area (Å²) in [7, 11) is 6.49. The summed E-state index contributed by atoms with van der Waals surface area (Å²) in [5.41, 5.74) is 4.59. The van der Waals surface area contributed by atoms with Gasteiger partial charge >= 0.3 is 0 Å². The third-order valence-corrected chi connectivity index (χ3v) is 4.87. The van der Waals surface area contributed by atoms with E-state index in [4.69, 9.17) is 18.9 Å². The predicted molar refractivity (Wildman–Crippen MR) is 106 cm³/mol. The maximum Gasteiger partial charge on any atom is 0.161 e. The molecule has 1 atom stereocenters. The average molecular weight is 368 g/mol. The van der Waals surface area contributed by atoms with Crippen LogP contribution < -0.4 is 18.9 Å². The highest BCUT2D eigenvalue weighted by Gasteiger charge is 2.25. The van der Waals surface area contributed by atoms with Crippen molar-refractivity contribution < 1.29 is 18.9 Å². The molecule has 0 saturated heterocycles. The van der Waals surface area contributed by atoms with Crippen LogP contribution in [0.3, 0.4) is 0 Å². The molecular formula is C21H24N2O4. The van der Waals surface area contributed by atoms with E-state index >= 15 is 0 Å². The van der Waals surface area contributed by atoms with E-state index < -0.39 is 0 Å². The number of benzene rings is 2. The highest BCUT2D eigenvalue weighted by atomic mass is 16.5. The van der Waals surface area contributed by atoms with E-state index in [0.29, 0.717) is 23.0 Å². The van der Waals surface area contributed by atoms with E-state index in [0.717, 1.165) is 28.1 Å². The Bertz CT molecular complexity index is 919. The number of hydrogen-bond donors (Lipinski definition) is 0. The fourth-order valence-corrected chi connectivity index (χ4v) is 3.15. The molecule has 0 saturated carbocycles. The number of methoxy groups -OCH3 is 4. The molecule has 2 aromatic carbocycles. The fourth-order valence-electron chi connectivity index (χ4n) is 3.15. The summed E-state index contributed by atoms with van der Waals surface area (Å²) in [6.07, 6.45) is 0. The minimum Gasteiger partial charge on any atom is -0.493 e. The lowest BCUT2D eigenvalue weighted by atomic mass is 9.88. The summed E-state index contributed by atoms with van der Waals surface area (Å²) >= 11 is 0. The lowest BCUT2D eigenvalue weighted by Crippen LogP contribution is -2.11. The van der Waals surface area contributed by atoms with Crippen LogP contribution in [-0.4, -0.2) is 39.9 Å². The van der Waals surface area contributed by atoms with Gasteiger partial charge in [0.2, 0.25) is 0 Å². The summed E-state index contributed by atoms with van der Waals surface area (Å²) in [5.74, 6) is 2.73. The van der Waals surface area contributed by atoms with E-state index in [9.17, 15) is 0 Å². The standard InChI is InChI=1S/C21H24N2O4/c1-12-13(2)22-23-21(14-7-8-17(24-3)18(9-14)25-4)16-11-20(27-6)19(26-5)10-15(12)16/h7-12H,1-6H3. The van der Waals surface area contributed by atoms with Gasteiger partial charge in [-0.2, -0.15) is 5.10 Å². The highest BCUT2D eigenvalue weighted by Crippen LogP contribution is 2.38. The predicted octanol–water partition coefficient (Wildman–Crippen LogP) is 4.05. The van der Waals surface area contributed by atoms with Crippen molar-refractivity contribution >= 4 is 11.4 Å². The number of hydrogen-bond acceptors (Lipinski definition) is 6. The zero-order valence-corrected chi connectivity index (χ0v) is 16.5. The molecule has 27 heavy (non-hydrogen) atoms. The summed E-state index contributed by atoms with van der Waals surface area (Å²) in [6, 6.07) is 9.66. The van der Waals surface area contributed by atoms with Gasteiger partial charge in [-0.3, -0.25) is 0 Å². The van der Waals surface area contributed by atoms with Gasteiger partial charge in [-0.1, -0.05) is 6.92 Å². The highest BCUT2D eigenvalue weighted by molar-refractivity contribution is 6.16. The molecule has 6 heteroatoms. The Balaban J connectivity index is 2.24. The van der Waals surface area contributed by atoms with Gasteiger partial charge in [0.25, 0.3) is 0 Å². The largest absolute Gasteiger partial charge is 0.493 e. The Hall–Kier alpha value is -3.02. The molecule has 2 aromatic rings. The average Bonchev–Trinajstić information content (AvgIpc) is 2.83. The molecule has 142 valence electrons. The van der Waals surface area contributed by atoms with Crippen LogP contribution in [0.15, 0.2) is 40.5 Å². The van der Waals surface area contributed by atoms with Gasteiger partial charge in [0, 0.05) is 22.8 Å². The van der Waals surface area contributed by atoms with Crippen LogP contribution in [0, 0.1) is 0 Å². The maximum atomic E-state index is 5.51. The Morgan fingerprint density at radius 1 is 0.741 bits per heavy atom. The Labute approximate surface area is 159 Å². The SMILES string of the molecule is COc1ccc(C2=NN=C(C)C(C)c3cc(OC)c(OC)cc32)cc1OC. The van der Waals surface area contributed by atoms with Gasteiger partial charge in [-0.15, -0.1) is 5.10 Å². The first kappa shape index (κ1) is 18.8. The third-order valence-electron chi connectivity index (χ3n) is 4.87. The molecule has 0 aromatic heterocycles. The summed E-state index contributed by atoms with van der Waals surface area (Å²) in [6.45, 7) is 4.09. The second kappa shape index (κ2) is 7.70. The zero-order valence-electron chi connectivity index (χ0n) is 16.5. The first-order chi connectivity index (χ1) is 13.0. The lowest BCUT2D eigenvalue weighted by molar-refractivity contribution is 0.354. The van der Waals surface area contributed by atoms with Crippen LogP contribution in [0.25, 0.3) is 0 Å². The molecule has 0 radical (unpaired) electrons. The Morgan fingerprint density at radius 3 is 1.96 bits per heavy atom. The van der Waals surface area contributed by atoms with Crippen molar-refractivity contribution in [2.24, 2.45) is 10.2 Å². The van der Waals surface area contributed by atoms with E-state index in [1.54, 1.807) is 28.4 Å². The first-order valence-electron chi connectivity index (χ1n) is 8.64. The quantitative estimate of drug-likeness (QED) is 0.799. The van der Waals surface area contributed by atoms with Crippen molar-refractivity contribution in [2.75, 3.05) is 28.4 Å². The van der Waals surface area contributed by atoms with Gasteiger partial charge in [-0.25, -0.2) is 0 Å². The molecule has 0 N–H and O–H groups in total. The third kappa shape index (κ3) is 3.35. The molecule has 1 aliphatic rings. The van der Waals surface area contributed by atoms with Crippen LogP contribution in [0.2, 0.25) is 0 Å². The number of rotatable bonds is 5. The van der Waals surface area contributed by atoms with Crippen molar-refractivity contribution in [3.8, 4) is 23.0 Å². The first-order valence-corrected chi connectivity index (χ1v) is 8.64. The molecule has 1 aliphatic heterocycles. The molecule has 3 rings (SSSR count). The zero-order chi connectivity index (χ0) is 19.6. The van der Waals surface area contributed by atoms with E-state index in [1.165, 1.54) is 0 Å². The van der Waals surface area contributed by atoms with Gasteiger partial charge in [0.15, 0.2) is 23.0 Å². The summed E-state index contributed by atoms with van der Waals surface area (Å²) in [5, 5.41) is 8.98. The maximum absolute atomic E-state index is 5.51. The van der Waals surface area contributed by atoms with Crippen LogP contribution in [0.1, 0.15) is 36.5 Å². The van der Waals surface area contributed by atoms with Crippen LogP contribution in [0.4, 0.5) is 0 Å². The van der Waals surface area contributed by atoms with Crippen molar-refractivity contribution in [3.05, 3.63) is 47.0 Å². The van der Waals surface area contributed by atoms with Crippen molar-refractivity contribution in [1.82, 2.24) is 0 Å². The Morgan fingerprint density at radius 2 is 1.33 bits per heavy atom. The van der Waals surface area contributed by atoms with Gasteiger partial charge in [0.1, 0.15) is 5.71 Å². The van der Waals surface area contributed by atoms with Gasteiger partial charge < -0.3 is 18.9 Å². The number of nitrogens with zero attached hydrogens (tertiary/aromatic N) is 2. The lowest BCUT2D eigenvalue weighted by Gasteiger charge is -2.18. The minimum absolute atomic E-state index is 0.0983. The monoisotopic (exact) mass is 368 g/mol. The van der Waals surface area contributed by atoms with E-state index in [2.05, 4.69) is 17.1 Å². The number of ether oxygens (including phenoxy) is 4. The molecule has 0 amide bonds. The molecule has 0 spiro atoms. The molecule has 1 heterocycles. The van der Waals surface area contributed by atoms with Crippen LogP contribution >= 0.6 is 0 Å². The van der Waals surface area contributed by atoms with Gasteiger partial charge in [0.05, 0.1) is 28.4 Å². The second-order valence-electron chi connectivity index (χ2n) is 6.28. The molecule has 0 bridgehead atoms. The van der Waals surface area contributed by atoms with Crippen molar-refractivity contribution in [1.29, 1.82) is 0 Å². The molecular weight excluding hydrogens is 344 g/mol. The van der Waals surface area contributed by atoms with Crippen LogP contribution in [0.5, 0.6) is 23.0 Å². The van der Waals surface area contributed by atoms with Crippen molar-refractivity contribution in [3.63, 3.8) is 0 Å². The molecule has 1 unspecified atom stereocenters. The van der Waals surface area contributed by atoms with Crippen molar-refractivity contribution in [2.45, 2.75) is 19.8 Å². The molecule has 0 fully saturated rings. The minimum atomic E-state index is 0.0983. The summed E-state index contributed by atoms with van der Waals surface area (Å²) < 4.78 is 21.8. The van der Waals surface area contributed by atoms with Gasteiger partial charge in [-0.05, 0) is 42.8 Å². The number of fused-ring (bicyclic) bond motifs is 1.